The number of para-hydroxylation sites is 1. The Kier molecular flexibility index (Phi) is 3.03. The first-order chi connectivity index (χ1) is 11.1. The number of imidazole rings is 1. The first-order valence-electron chi connectivity index (χ1n) is 7.32. The Labute approximate surface area is 138 Å². The summed E-state index contributed by atoms with van der Waals surface area (Å²) in [6.45, 7) is 3.56. The van der Waals surface area contributed by atoms with E-state index in [4.69, 9.17) is 11.6 Å². The van der Waals surface area contributed by atoms with Crippen molar-refractivity contribution in [1.29, 1.82) is 0 Å². The summed E-state index contributed by atoms with van der Waals surface area (Å²) in [6, 6.07) is 13.4. The lowest BCUT2D eigenvalue weighted by Crippen LogP contribution is -2.23. The van der Waals surface area contributed by atoms with Crippen molar-refractivity contribution in [3.8, 4) is 17.1 Å². The number of anilines is 2. The van der Waals surface area contributed by atoms with Crippen LogP contribution in [-0.2, 0) is 4.79 Å². The number of hydrogen-bond donors (Lipinski definition) is 0. The summed E-state index contributed by atoms with van der Waals surface area (Å²) in [5, 5.41) is 0.622. The Morgan fingerprint density at radius 2 is 1.87 bits per heavy atom. The smallest absolute Gasteiger partial charge is 0.228 e. The first-order valence-corrected chi connectivity index (χ1v) is 7.70. The summed E-state index contributed by atoms with van der Waals surface area (Å²) in [5.74, 6) is 0.759. The standard InChI is InChI=1S/C18H14ClN3O/c1-11-10-20-18-14-5-3-4-6-15(14)22(12(2)23)16-8-7-13(19)9-17(16)21(11)18/h3-10H,1-2H3. The number of fused-ring (bicyclic) bond motifs is 5. The van der Waals surface area contributed by atoms with E-state index >= 15 is 0 Å². The molecule has 2 heterocycles. The molecule has 1 aliphatic heterocycles. The lowest BCUT2D eigenvalue weighted by Gasteiger charge is -2.23. The summed E-state index contributed by atoms with van der Waals surface area (Å²) >= 11 is 6.22. The second kappa shape index (κ2) is 4.96. The third kappa shape index (κ3) is 1.99. The predicted octanol–water partition coefficient (Wildman–Crippen LogP) is 4.50. The quantitative estimate of drug-likeness (QED) is 0.611. The van der Waals surface area contributed by atoms with Crippen LogP contribution in [0.2, 0.25) is 5.02 Å². The second-order valence-corrected chi connectivity index (χ2v) is 6.00. The van der Waals surface area contributed by atoms with E-state index in [1.165, 1.54) is 0 Å². The van der Waals surface area contributed by atoms with Crippen molar-refractivity contribution in [3.63, 3.8) is 0 Å². The van der Waals surface area contributed by atoms with E-state index in [0.29, 0.717) is 5.02 Å². The third-order valence-electron chi connectivity index (χ3n) is 4.06. The van der Waals surface area contributed by atoms with Crippen LogP contribution in [0.3, 0.4) is 0 Å². The zero-order chi connectivity index (χ0) is 16.1. The van der Waals surface area contributed by atoms with Gasteiger partial charge >= 0.3 is 0 Å². The maximum absolute atomic E-state index is 12.4. The highest BCUT2D eigenvalue weighted by Gasteiger charge is 2.28. The van der Waals surface area contributed by atoms with Crippen LogP contribution in [0.25, 0.3) is 17.1 Å². The molecule has 0 atom stereocenters. The van der Waals surface area contributed by atoms with Crippen LogP contribution in [0.15, 0.2) is 48.7 Å². The minimum atomic E-state index is -0.0515. The second-order valence-electron chi connectivity index (χ2n) is 5.56. The molecule has 0 N–H and O–H groups in total. The number of aryl methyl sites for hydroxylation is 1. The maximum atomic E-state index is 12.4. The van der Waals surface area contributed by atoms with Gasteiger partial charge in [-0.05, 0) is 37.3 Å². The maximum Gasteiger partial charge on any atom is 0.228 e. The van der Waals surface area contributed by atoms with Crippen molar-refractivity contribution in [1.82, 2.24) is 9.55 Å². The summed E-state index contributed by atoms with van der Waals surface area (Å²) in [6.07, 6.45) is 1.83. The fourth-order valence-electron chi connectivity index (χ4n) is 3.12. The van der Waals surface area contributed by atoms with Gasteiger partial charge in [0.15, 0.2) is 0 Å². The van der Waals surface area contributed by atoms with E-state index in [2.05, 4.69) is 4.98 Å². The molecule has 23 heavy (non-hydrogen) atoms. The Hall–Kier alpha value is -2.59. The molecule has 0 radical (unpaired) electrons. The molecule has 1 amide bonds. The highest BCUT2D eigenvalue weighted by Crippen LogP contribution is 2.43. The van der Waals surface area contributed by atoms with Gasteiger partial charge < -0.3 is 0 Å². The normalized spacial score (nSPS) is 12.2. The number of carbonyl (C=O) groups is 1. The van der Waals surface area contributed by atoms with Crippen molar-refractivity contribution in [2.75, 3.05) is 4.90 Å². The molecule has 0 saturated carbocycles. The number of carbonyl (C=O) groups excluding carboxylic acids is 1. The van der Waals surface area contributed by atoms with Gasteiger partial charge in [-0.25, -0.2) is 4.98 Å². The molecule has 0 spiro atoms. The molecule has 4 rings (SSSR count). The van der Waals surface area contributed by atoms with Crippen LogP contribution in [0.5, 0.6) is 0 Å². The average molecular weight is 324 g/mol. The van der Waals surface area contributed by atoms with Gasteiger partial charge in [-0.2, -0.15) is 0 Å². The van der Waals surface area contributed by atoms with Crippen molar-refractivity contribution < 1.29 is 4.79 Å². The Bertz CT molecular complexity index is 945. The van der Waals surface area contributed by atoms with Gasteiger partial charge in [-0.3, -0.25) is 14.3 Å². The summed E-state index contributed by atoms with van der Waals surface area (Å²) < 4.78 is 2.04. The molecule has 0 bridgehead atoms. The van der Waals surface area contributed by atoms with Crippen molar-refractivity contribution in [3.05, 3.63) is 59.4 Å². The van der Waals surface area contributed by atoms with E-state index in [-0.39, 0.29) is 5.91 Å². The van der Waals surface area contributed by atoms with Crippen molar-refractivity contribution >= 4 is 28.9 Å². The lowest BCUT2D eigenvalue weighted by atomic mass is 10.1. The zero-order valence-corrected chi connectivity index (χ0v) is 13.5. The van der Waals surface area contributed by atoms with Crippen LogP contribution in [0, 0.1) is 6.92 Å². The molecule has 0 saturated heterocycles. The minimum Gasteiger partial charge on any atom is -0.295 e. The van der Waals surface area contributed by atoms with Crippen LogP contribution in [0.4, 0.5) is 11.4 Å². The first kappa shape index (κ1) is 14.0. The molecule has 2 aromatic carbocycles. The Morgan fingerprint density at radius 1 is 1.09 bits per heavy atom. The van der Waals surface area contributed by atoms with Crippen LogP contribution < -0.4 is 4.90 Å². The van der Waals surface area contributed by atoms with Gasteiger partial charge in [0.05, 0.1) is 17.1 Å². The van der Waals surface area contributed by atoms with Crippen molar-refractivity contribution in [2.24, 2.45) is 0 Å². The molecule has 0 unspecified atom stereocenters. The Balaban J connectivity index is 2.19. The predicted molar refractivity (Wildman–Crippen MR) is 91.6 cm³/mol. The van der Waals surface area contributed by atoms with Crippen LogP contribution in [-0.4, -0.2) is 15.5 Å². The number of hydrogen-bond acceptors (Lipinski definition) is 2. The van der Waals surface area contributed by atoms with Gasteiger partial charge in [0.2, 0.25) is 5.91 Å². The number of nitrogens with zero attached hydrogens (tertiary/aromatic N) is 3. The molecule has 1 aromatic heterocycles. The monoisotopic (exact) mass is 323 g/mol. The molecule has 0 fully saturated rings. The molecule has 1 aliphatic rings. The Morgan fingerprint density at radius 3 is 2.65 bits per heavy atom. The number of benzene rings is 2. The van der Waals surface area contributed by atoms with E-state index in [9.17, 15) is 4.79 Å². The average Bonchev–Trinajstić information content (AvgIpc) is 2.85. The van der Waals surface area contributed by atoms with Gasteiger partial charge in [0, 0.05) is 29.4 Å². The lowest BCUT2D eigenvalue weighted by molar-refractivity contribution is -0.115. The van der Waals surface area contributed by atoms with Gasteiger partial charge in [-0.1, -0.05) is 23.7 Å². The molecular formula is C18H14ClN3O. The molecule has 114 valence electrons. The number of aromatic nitrogens is 2. The van der Waals surface area contributed by atoms with E-state index in [1.54, 1.807) is 17.9 Å². The van der Waals surface area contributed by atoms with Gasteiger partial charge in [-0.15, -0.1) is 0 Å². The van der Waals surface area contributed by atoms with Gasteiger partial charge in [0.1, 0.15) is 5.82 Å². The van der Waals surface area contributed by atoms with E-state index < -0.39 is 0 Å². The molecular weight excluding hydrogens is 310 g/mol. The minimum absolute atomic E-state index is 0.0515. The van der Waals surface area contributed by atoms with Crippen LogP contribution >= 0.6 is 11.6 Å². The molecule has 0 aliphatic carbocycles. The number of rotatable bonds is 0. The molecule has 4 nitrogen and oxygen atoms in total. The van der Waals surface area contributed by atoms with Gasteiger partial charge in [0.25, 0.3) is 0 Å². The molecule has 3 aromatic rings. The largest absolute Gasteiger partial charge is 0.295 e. The van der Waals surface area contributed by atoms with Crippen molar-refractivity contribution in [2.45, 2.75) is 13.8 Å². The highest BCUT2D eigenvalue weighted by molar-refractivity contribution is 6.31. The number of amides is 1. The SMILES string of the molecule is CC(=O)N1c2ccccc2-c2ncc(C)n2-c2cc(Cl)ccc21. The van der Waals surface area contributed by atoms with Crippen LogP contribution in [0.1, 0.15) is 12.6 Å². The highest BCUT2D eigenvalue weighted by atomic mass is 35.5. The van der Waals surface area contributed by atoms with E-state index in [0.717, 1.165) is 34.1 Å². The number of halogens is 1. The third-order valence-corrected chi connectivity index (χ3v) is 4.29. The zero-order valence-electron chi connectivity index (χ0n) is 12.7. The van der Waals surface area contributed by atoms with E-state index in [1.807, 2.05) is 54.1 Å². The summed E-state index contributed by atoms with van der Waals surface area (Å²) in [4.78, 5) is 18.7. The summed E-state index contributed by atoms with van der Waals surface area (Å²) in [7, 11) is 0. The fourth-order valence-corrected chi connectivity index (χ4v) is 3.29. The summed E-state index contributed by atoms with van der Waals surface area (Å²) in [5.41, 5.74) is 4.39. The molecule has 5 heteroatoms. The topological polar surface area (TPSA) is 38.1 Å². The fraction of sp³-hybridized carbons (Fsp3) is 0.111.